The predicted octanol–water partition coefficient (Wildman–Crippen LogP) is 2.47. The Kier molecular flexibility index (Phi) is 15.7. The second-order valence-corrected chi connectivity index (χ2v) is 11.3. The van der Waals surface area contributed by atoms with Crippen LogP contribution < -0.4 is 50.4 Å². The molecule has 19 heteroatoms. The topological polar surface area (TPSA) is 270 Å². The van der Waals surface area contributed by atoms with Crippen LogP contribution in [0.1, 0.15) is 0 Å². The van der Waals surface area contributed by atoms with Crippen LogP contribution in [0.15, 0.2) is 103 Å². The Balaban J connectivity index is 1.60. The molecule has 0 bridgehead atoms. The first kappa shape index (κ1) is 38.2. The second-order valence-electron chi connectivity index (χ2n) is 9.95. The number of guanidine groups is 6. The smallest absolute Gasteiger partial charge is 0.218 e. The third-order valence-corrected chi connectivity index (χ3v) is 6.88. The summed E-state index contributed by atoms with van der Waals surface area (Å²) in [5.41, 5.74) is 37.9. The standard InChI is InChI=1S/C30H39Cl3N16/c31-19-1-7-22(8-2-19)43-28(37)46-25(34)40-13-16-49(17-14-41-26(35)47-29(38)44-23-9-3-20(32)4-10-23)18-15-42-27(36)48-30(39)45-24-11-5-21(33)6-12-24/h1-12H,13-18H2,(H5,34,37,40,43,46)(H5,35,38,41,44,47)(H5,36,39,42,45,48). The van der Waals surface area contributed by atoms with E-state index >= 15 is 0 Å². The molecule has 0 fully saturated rings. The van der Waals surface area contributed by atoms with E-state index in [9.17, 15) is 0 Å². The van der Waals surface area contributed by atoms with Crippen LogP contribution in [0, 0.1) is 0 Å². The molecule has 0 unspecified atom stereocenters. The van der Waals surface area contributed by atoms with E-state index in [4.69, 9.17) is 69.2 Å². The van der Waals surface area contributed by atoms with Crippen LogP contribution in [0.5, 0.6) is 0 Å². The lowest BCUT2D eigenvalue weighted by atomic mass is 10.3. The van der Waals surface area contributed by atoms with E-state index in [1.807, 2.05) is 4.90 Å². The zero-order valence-corrected chi connectivity index (χ0v) is 28.7. The number of anilines is 3. The summed E-state index contributed by atoms with van der Waals surface area (Å²) in [6.07, 6.45) is 0. The summed E-state index contributed by atoms with van der Waals surface area (Å²) in [6, 6.07) is 20.9. The number of hydrogen-bond acceptors (Lipinski definition) is 4. The molecule has 0 aliphatic heterocycles. The van der Waals surface area contributed by atoms with Crippen molar-refractivity contribution in [1.82, 2.24) is 4.90 Å². The molecule has 0 saturated carbocycles. The van der Waals surface area contributed by atoms with Gasteiger partial charge in [-0.05, 0) is 72.8 Å². The summed E-state index contributed by atoms with van der Waals surface area (Å²) < 4.78 is 0. The highest BCUT2D eigenvalue weighted by Gasteiger charge is 2.06. The molecule has 0 saturated heterocycles. The normalized spacial score (nSPS) is 13.5. The zero-order valence-electron chi connectivity index (χ0n) is 26.4. The van der Waals surface area contributed by atoms with E-state index in [1.165, 1.54) is 0 Å². The van der Waals surface area contributed by atoms with Crippen LogP contribution in [0.2, 0.25) is 15.1 Å². The van der Waals surface area contributed by atoms with Crippen molar-refractivity contribution in [2.24, 2.45) is 64.4 Å². The number of benzene rings is 3. The van der Waals surface area contributed by atoms with E-state index in [1.54, 1.807) is 72.8 Å². The molecule has 0 spiro atoms. The summed E-state index contributed by atoms with van der Waals surface area (Å²) in [5.74, 6) is 0.223. The van der Waals surface area contributed by atoms with Gasteiger partial charge in [0.1, 0.15) is 0 Å². The average Bonchev–Trinajstić information content (AvgIpc) is 3.04. The lowest BCUT2D eigenvalue weighted by Crippen LogP contribution is -2.33. The fourth-order valence-electron chi connectivity index (χ4n) is 3.86. The Labute approximate surface area is 299 Å². The lowest BCUT2D eigenvalue weighted by Gasteiger charge is -2.19. The van der Waals surface area contributed by atoms with Gasteiger partial charge in [-0.1, -0.05) is 34.8 Å². The lowest BCUT2D eigenvalue weighted by molar-refractivity contribution is 0.298. The maximum atomic E-state index is 5.98. The molecular weight excluding hydrogens is 691 g/mol. The van der Waals surface area contributed by atoms with E-state index in [2.05, 4.69) is 45.9 Å². The molecule has 0 aliphatic carbocycles. The van der Waals surface area contributed by atoms with Crippen LogP contribution >= 0.6 is 34.8 Å². The maximum absolute atomic E-state index is 5.98. The first-order valence-corrected chi connectivity index (χ1v) is 15.8. The number of nitrogens with zero attached hydrogens (tertiary/aromatic N) is 7. The zero-order chi connectivity index (χ0) is 35.6. The van der Waals surface area contributed by atoms with Crippen molar-refractivity contribution in [3.63, 3.8) is 0 Å². The first-order valence-electron chi connectivity index (χ1n) is 14.7. The second kappa shape index (κ2) is 20.2. The van der Waals surface area contributed by atoms with Crippen LogP contribution in [0.4, 0.5) is 17.1 Å². The van der Waals surface area contributed by atoms with Gasteiger partial charge >= 0.3 is 0 Å². The van der Waals surface area contributed by atoms with Crippen molar-refractivity contribution in [3.8, 4) is 0 Å². The highest BCUT2D eigenvalue weighted by atomic mass is 35.5. The largest absolute Gasteiger partial charge is 0.369 e. The predicted molar refractivity (Wildman–Crippen MR) is 206 cm³/mol. The highest BCUT2D eigenvalue weighted by molar-refractivity contribution is 6.31. The van der Waals surface area contributed by atoms with Crippen LogP contribution in [0.3, 0.4) is 0 Å². The van der Waals surface area contributed by atoms with E-state index in [-0.39, 0.29) is 35.8 Å². The Morgan fingerprint density at radius 1 is 0.449 bits per heavy atom. The van der Waals surface area contributed by atoms with Gasteiger partial charge in [-0.3, -0.25) is 19.9 Å². The Morgan fingerprint density at radius 3 is 0.939 bits per heavy atom. The van der Waals surface area contributed by atoms with E-state index in [0.717, 1.165) is 0 Å². The van der Waals surface area contributed by atoms with Gasteiger partial charge in [-0.25, -0.2) is 0 Å². The number of aliphatic imine (C=N–C) groups is 6. The van der Waals surface area contributed by atoms with Crippen LogP contribution in [0.25, 0.3) is 0 Å². The number of hydrogen-bond donors (Lipinski definition) is 9. The maximum Gasteiger partial charge on any atom is 0.218 e. The van der Waals surface area contributed by atoms with Crippen molar-refractivity contribution in [2.45, 2.75) is 0 Å². The molecule has 0 radical (unpaired) electrons. The number of nitrogens with two attached hydrogens (primary N) is 6. The third kappa shape index (κ3) is 15.9. The molecule has 16 nitrogen and oxygen atoms in total. The molecular formula is C30H39Cl3N16. The molecule has 3 aromatic rings. The van der Waals surface area contributed by atoms with Crippen molar-refractivity contribution < 1.29 is 0 Å². The fourth-order valence-corrected chi connectivity index (χ4v) is 4.23. The Morgan fingerprint density at radius 2 is 0.694 bits per heavy atom. The Bertz CT molecular complexity index is 1470. The van der Waals surface area contributed by atoms with Gasteiger partial charge in [0.25, 0.3) is 0 Å². The summed E-state index contributed by atoms with van der Waals surface area (Å²) in [4.78, 5) is 27.2. The van der Waals surface area contributed by atoms with Crippen molar-refractivity contribution in [3.05, 3.63) is 87.9 Å². The van der Waals surface area contributed by atoms with E-state index in [0.29, 0.717) is 71.4 Å². The van der Waals surface area contributed by atoms with E-state index < -0.39 is 0 Å². The van der Waals surface area contributed by atoms with Gasteiger partial charge in [0.2, 0.25) is 35.8 Å². The Hall–Kier alpha value is -5.29. The van der Waals surface area contributed by atoms with Gasteiger partial charge in [0.05, 0.1) is 19.6 Å². The molecule has 0 aliphatic rings. The van der Waals surface area contributed by atoms with Crippen molar-refractivity contribution >= 4 is 87.6 Å². The highest BCUT2D eigenvalue weighted by Crippen LogP contribution is 2.14. The minimum absolute atomic E-state index is 0.000515. The third-order valence-electron chi connectivity index (χ3n) is 6.12. The summed E-state index contributed by atoms with van der Waals surface area (Å²) in [6.45, 7) is 2.31. The minimum Gasteiger partial charge on any atom is -0.369 e. The number of rotatable bonds is 12. The quantitative estimate of drug-likeness (QED) is 0.0971. The minimum atomic E-state index is -0.000515. The molecule has 0 amide bonds. The van der Waals surface area contributed by atoms with Crippen LogP contribution in [-0.2, 0) is 0 Å². The summed E-state index contributed by atoms with van der Waals surface area (Å²) in [7, 11) is 0. The van der Waals surface area contributed by atoms with Gasteiger partial charge in [0.15, 0.2) is 0 Å². The van der Waals surface area contributed by atoms with Gasteiger partial charge < -0.3 is 50.4 Å². The first-order chi connectivity index (χ1) is 23.4. The SMILES string of the molecule is NC(=NCCN(CCN=C(N)N=C(N)Nc1ccc(Cl)cc1)CCN=C(N)N=C(N)Nc1ccc(Cl)cc1)N=C(N)Nc1ccc(Cl)cc1. The molecule has 0 aromatic heterocycles. The molecule has 3 aromatic carbocycles. The molecule has 15 N–H and O–H groups in total. The summed E-state index contributed by atoms with van der Waals surface area (Å²) >= 11 is 17.8. The molecule has 0 atom stereocenters. The molecule has 3 rings (SSSR count). The monoisotopic (exact) mass is 728 g/mol. The molecule has 49 heavy (non-hydrogen) atoms. The van der Waals surface area contributed by atoms with Gasteiger partial charge in [-0.2, -0.15) is 15.0 Å². The van der Waals surface area contributed by atoms with Gasteiger partial charge in [-0.15, -0.1) is 0 Å². The molecule has 260 valence electrons. The summed E-state index contributed by atoms with van der Waals surface area (Å²) in [5, 5.41) is 10.6. The van der Waals surface area contributed by atoms with Crippen LogP contribution in [-0.4, -0.2) is 79.9 Å². The van der Waals surface area contributed by atoms with Gasteiger partial charge in [0, 0.05) is 51.8 Å². The van der Waals surface area contributed by atoms with Crippen molar-refractivity contribution in [1.29, 1.82) is 0 Å². The number of halogens is 3. The number of nitrogens with one attached hydrogen (secondary N) is 3. The fraction of sp³-hybridized carbons (Fsp3) is 0.200. The molecule has 0 heterocycles. The van der Waals surface area contributed by atoms with Crippen molar-refractivity contribution in [2.75, 3.05) is 55.2 Å². The average molecular weight is 730 g/mol.